The van der Waals surface area contributed by atoms with Gasteiger partial charge in [-0.3, -0.25) is 24.5 Å². The number of rotatable bonds is 10. The molecular formula is C25H23N7O4S. The van der Waals surface area contributed by atoms with Gasteiger partial charge in [0.05, 0.1) is 23.0 Å². The van der Waals surface area contributed by atoms with Crippen LogP contribution in [0.2, 0.25) is 0 Å². The van der Waals surface area contributed by atoms with Gasteiger partial charge in [0, 0.05) is 35.8 Å². The second-order valence-electron chi connectivity index (χ2n) is 7.64. The molecular weight excluding hydrogens is 494 g/mol. The van der Waals surface area contributed by atoms with Crippen molar-refractivity contribution in [3.63, 3.8) is 0 Å². The van der Waals surface area contributed by atoms with Gasteiger partial charge in [0.25, 0.3) is 11.6 Å². The summed E-state index contributed by atoms with van der Waals surface area (Å²) in [6.45, 7) is 4.19. The third kappa shape index (κ3) is 6.35. The minimum atomic E-state index is -0.471. The van der Waals surface area contributed by atoms with E-state index in [1.807, 2.05) is 47.9 Å². The molecule has 12 heteroatoms. The lowest BCUT2D eigenvalue weighted by Crippen LogP contribution is -2.21. The van der Waals surface area contributed by atoms with Crippen molar-refractivity contribution in [2.45, 2.75) is 19.0 Å². The maximum Gasteiger partial charge on any atom is 0.269 e. The monoisotopic (exact) mass is 517 g/mol. The van der Waals surface area contributed by atoms with E-state index in [9.17, 15) is 14.9 Å². The van der Waals surface area contributed by atoms with Crippen LogP contribution >= 0.6 is 11.8 Å². The lowest BCUT2D eigenvalue weighted by Gasteiger charge is -2.11. The van der Waals surface area contributed by atoms with Crippen LogP contribution in [0.15, 0.2) is 83.3 Å². The lowest BCUT2D eigenvalue weighted by molar-refractivity contribution is -0.384. The van der Waals surface area contributed by atoms with Gasteiger partial charge in [0.15, 0.2) is 11.0 Å². The second kappa shape index (κ2) is 11.9. The third-order valence-corrected chi connectivity index (χ3v) is 6.06. The number of nitro benzene ring substituents is 1. The summed E-state index contributed by atoms with van der Waals surface area (Å²) in [4.78, 5) is 27.1. The molecule has 2 heterocycles. The highest BCUT2D eigenvalue weighted by Crippen LogP contribution is 2.28. The third-order valence-electron chi connectivity index (χ3n) is 5.14. The molecule has 37 heavy (non-hydrogen) atoms. The molecule has 4 aromatic rings. The van der Waals surface area contributed by atoms with E-state index in [1.54, 1.807) is 31.5 Å². The van der Waals surface area contributed by atoms with E-state index in [1.165, 1.54) is 23.9 Å². The average molecular weight is 518 g/mol. The van der Waals surface area contributed by atoms with E-state index in [0.29, 0.717) is 28.9 Å². The molecule has 0 fully saturated rings. The number of nitrogens with zero attached hydrogens (tertiary/aromatic N) is 6. The molecule has 188 valence electrons. The Morgan fingerprint density at radius 3 is 2.54 bits per heavy atom. The Hall–Kier alpha value is -4.58. The number of nitrogens with one attached hydrogen (secondary N) is 1. The summed E-state index contributed by atoms with van der Waals surface area (Å²) in [6.07, 6.45) is 3.38. The van der Waals surface area contributed by atoms with E-state index in [2.05, 4.69) is 25.7 Å². The predicted octanol–water partition coefficient (Wildman–Crippen LogP) is 4.27. The SMILES string of the molecule is CCOc1ccc(-n2c(SCC(=O)NN=C(C)c3ccc([N+](=O)[O-])cc3)nnc2-c2cccnc2)cc1. The highest BCUT2D eigenvalue weighted by molar-refractivity contribution is 7.99. The summed E-state index contributed by atoms with van der Waals surface area (Å²) in [6, 6.07) is 17.2. The molecule has 0 atom stereocenters. The highest BCUT2D eigenvalue weighted by atomic mass is 32.2. The minimum absolute atomic E-state index is 0.0146. The minimum Gasteiger partial charge on any atom is -0.494 e. The first-order chi connectivity index (χ1) is 18.0. The standard InChI is InChI=1S/C25H23N7O4S/c1-3-36-22-12-10-20(11-13-22)31-24(19-5-4-14-26-15-19)29-30-25(31)37-16-23(33)28-27-17(2)18-6-8-21(9-7-18)32(34)35/h4-15H,3,16H2,1-2H3,(H,28,33). The quantitative estimate of drug-likeness (QED) is 0.142. The number of hydrogen-bond acceptors (Lipinski definition) is 9. The first-order valence-corrected chi connectivity index (χ1v) is 12.2. The van der Waals surface area contributed by atoms with E-state index < -0.39 is 4.92 Å². The normalized spacial score (nSPS) is 11.2. The fraction of sp³-hybridized carbons (Fsp3) is 0.160. The van der Waals surface area contributed by atoms with Crippen LogP contribution in [0.1, 0.15) is 19.4 Å². The van der Waals surface area contributed by atoms with E-state index >= 15 is 0 Å². The van der Waals surface area contributed by atoms with Crippen LogP contribution in [0.3, 0.4) is 0 Å². The van der Waals surface area contributed by atoms with Gasteiger partial charge < -0.3 is 4.74 Å². The largest absolute Gasteiger partial charge is 0.494 e. The maximum atomic E-state index is 12.5. The highest BCUT2D eigenvalue weighted by Gasteiger charge is 2.18. The smallest absolute Gasteiger partial charge is 0.269 e. The molecule has 0 aliphatic heterocycles. The van der Waals surface area contributed by atoms with Gasteiger partial charge in [0.2, 0.25) is 0 Å². The lowest BCUT2D eigenvalue weighted by atomic mass is 10.1. The Balaban J connectivity index is 1.49. The van der Waals surface area contributed by atoms with Crippen molar-refractivity contribution >= 4 is 29.1 Å². The Labute approximate surface area is 216 Å². The molecule has 2 aromatic heterocycles. The van der Waals surface area contributed by atoms with E-state index in [0.717, 1.165) is 17.0 Å². The molecule has 4 rings (SSSR count). The van der Waals surface area contributed by atoms with Crippen molar-refractivity contribution in [1.82, 2.24) is 25.2 Å². The molecule has 0 saturated heterocycles. The summed E-state index contributed by atoms with van der Waals surface area (Å²) in [7, 11) is 0. The number of carbonyl (C=O) groups excluding carboxylic acids is 1. The second-order valence-corrected chi connectivity index (χ2v) is 8.58. The maximum absolute atomic E-state index is 12.5. The number of thioether (sulfide) groups is 1. The van der Waals surface area contributed by atoms with Gasteiger partial charge in [-0.1, -0.05) is 11.8 Å². The number of hydrogen-bond donors (Lipinski definition) is 1. The van der Waals surface area contributed by atoms with E-state index in [-0.39, 0.29) is 17.3 Å². The summed E-state index contributed by atoms with van der Waals surface area (Å²) in [5.41, 5.74) is 5.27. The van der Waals surface area contributed by atoms with E-state index in [4.69, 9.17) is 4.74 Å². The van der Waals surface area contributed by atoms with Gasteiger partial charge in [-0.05, 0) is 67.9 Å². The zero-order chi connectivity index (χ0) is 26.2. The van der Waals surface area contributed by atoms with Crippen LogP contribution in [0.25, 0.3) is 17.1 Å². The number of nitro groups is 1. The summed E-state index contributed by atoms with van der Waals surface area (Å²) >= 11 is 1.21. The first-order valence-electron chi connectivity index (χ1n) is 11.3. The van der Waals surface area contributed by atoms with Crippen LogP contribution in [-0.2, 0) is 4.79 Å². The Bertz CT molecular complexity index is 1410. The van der Waals surface area contributed by atoms with Crippen molar-refractivity contribution in [2.75, 3.05) is 12.4 Å². The number of ether oxygens (including phenoxy) is 1. The van der Waals surface area contributed by atoms with Gasteiger partial charge >= 0.3 is 0 Å². The van der Waals surface area contributed by atoms with Crippen LogP contribution in [0.4, 0.5) is 5.69 Å². The molecule has 1 amide bonds. The van der Waals surface area contributed by atoms with Crippen molar-refractivity contribution in [2.24, 2.45) is 5.10 Å². The van der Waals surface area contributed by atoms with Crippen molar-refractivity contribution in [3.8, 4) is 22.8 Å². The molecule has 0 bridgehead atoms. The summed E-state index contributed by atoms with van der Waals surface area (Å²) in [5.74, 6) is 1.04. The molecule has 2 aromatic carbocycles. The molecule has 1 N–H and O–H groups in total. The molecule has 0 aliphatic rings. The number of benzene rings is 2. The van der Waals surface area contributed by atoms with Crippen molar-refractivity contribution in [1.29, 1.82) is 0 Å². The van der Waals surface area contributed by atoms with Crippen LogP contribution in [0.5, 0.6) is 5.75 Å². The molecule has 0 saturated carbocycles. The molecule has 0 unspecified atom stereocenters. The molecule has 0 spiro atoms. The Morgan fingerprint density at radius 1 is 1.14 bits per heavy atom. The van der Waals surface area contributed by atoms with Crippen LogP contribution < -0.4 is 10.2 Å². The van der Waals surface area contributed by atoms with Gasteiger partial charge in [0.1, 0.15) is 5.75 Å². The van der Waals surface area contributed by atoms with Gasteiger partial charge in [-0.2, -0.15) is 5.10 Å². The predicted molar refractivity (Wildman–Crippen MR) is 140 cm³/mol. The molecule has 11 nitrogen and oxygen atoms in total. The number of amides is 1. The fourth-order valence-corrected chi connectivity index (χ4v) is 4.08. The number of non-ortho nitro benzene ring substituents is 1. The van der Waals surface area contributed by atoms with Gasteiger partial charge in [-0.15, -0.1) is 10.2 Å². The van der Waals surface area contributed by atoms with Crippen molar-refractivity contribution < 1.29 is 14.5 Å². The zero-order valence-corrected chi connectivity index (χ0v) is 20.9. The zero-order valence-electron chi connectivity index (χ0n) is 20.1. The summed E-state index contributed by atoms with van der Waals surface area (Å²) < 4.78 is 7.40. The number of hydrazone groups is 1. The number of aromatic nitrogens is 4. The fourth-order valence-electron chi connectivity index (χ4n) is 3.33. The van der Waals surface area contributed by atoms with Crippen LogP contribution in [0, 0.1) is 10.1 Å². The number of pyridine rings is 1. The topological polar surface area (TPSA) is 137 Å². The average Bonchev–Trinajstić information content (AvgIpc) is 3.35. The number of carbonyl (C=O) groups is 1. The summed E-state index contributed by atoms with van der Waals surface area (Å²) in [5, 5.41) is 24.1. The first kappa shape index (κ1) is 25.5. The molecule has 0 radical (unpaired) electrons. The van der Waals surface area contributed by atoms with Gasteiger partial charge in [-0.25, -0.2) is 5.43 Å². The van der Waals surface area contributed by atoms with Crippen molar-refractivity contribution in [3.05, 3.63) is 88.7 Å². The van der Waals surface area contributed by atoms with Crippen LogP contribution in [-0.4, -0.2) is 48.7 Å². The Kier molecular flexibility index (Phi) is 8.21. The molecule has 0 aliphatic carbocycles. The Morgan fingerprint density at radius 2 is 1.89 bits per heavy atom.